The third-order valence-electron chi connectivity index (χ3n) is 3.86. The van der Waals surface area contributed by atoms with E-state index in [1.54, 1.807) is 48.5 Å². The maximum atomic E-state index is 12.4. The van der Waals surface area contributed by atoms with Crippen LogP contribution in [0.5, 0.6) is 5.75 Å². The first kappa shape index (κ1) is 20.0. The van der Waals surface area contributed by atoms with Gasteiger partial charge in [-0.15, -0.1) is 0 Å². The Kier molecular flexibility index (Phi) is 7.38. The highest BCUT2D eigenvalue weighted by Gasteiger charge is 2.26. The molecule has 0 unspecified atom stereocenters. The summed E-state index contributed by atoms with van der Waals surface area (Å²) < 4.78 is 10.7. The van der Waals surface area contributed by atoms with Crippen LogP contribution in [0.1, 0.15) is 25.0 Å². The van der Waals surface area contributed by atoms with Gasteiger partial charge < -0.3 is 14.8 Å². The number of nitriles is 1. The molecule has 6 heteroatoms. The van der Waals surface area contributed by atoms with Crippen LogP contribution >= 0.6 is 0 Å². The number of ether oxygens (including phenoxy) is 2. The van der Waals surface area contributed by atoms with Crippen molar-refractivity contribution in [3.05, 3.63) is 65.7 Å². The molecule has 0 aliphatic rings. The fourth-order valence-corrected chi connectivity index (χ4v) is 2.37. The molecule has 1 N–H and O–H groups in total. The van der Waals surface area contributed by atoms with Gasteiger partial charge in [0.15, 0.2) is 6.61 Å². The van der Waals surface area contributed by atoms with E-state index in [4.69, 9.17) is 14.7 Å². The van der Waals surface area contributed by atoms with Crippen molar-refractivity contribution in [1.29, 1.82) is 5.26 Å². The number of rotatable bonds is 8. The molecule has 0 radical (unpaired) electrons. The smallest absolute Gasteiger partial charge is 0.329 e. The van der Waals surface area contributed by atoms with E-state index in [2.05, 4.69) is 11.4 Å². The summed E-state index contributed by atoms with van der Waals surface area (Å²) in [5.74, 6) is -0.549. The van der Waals surface area contributed by atoms with E-state index in [1.807, 2.05) is 19.9 Å². The van der Waals surface area contributed by atoms with E-state index in [9.17, 15) is 9.59 Å². The van der Waals surface area contributed by atoms with Gasteiger partial charge in [-0.3, -0.25) is 4.79 Å². The minimum absolute atomic E-state index is 0.0256. The monoisotopic (exact) mass is 366 g/mol. The maximum Gasteiger partial charge on any atom is 0.329 e. The zero-order chi connectivity index (χ0) is 19.6. The van der Waals surface area contributed by atoms with Gasteiger partial charge in [-0.2, -0.15) is 5.26 Å². The van der Waals surface area contributed by atoms with Crippen LogP contribution in [-0.4, -0.2) is 24.5 Å². The number of hydrogen-bond acceptors (Lipinski definition) is 5. The molecule has 0 aromatic heterocycles. The summed E-state index contributed by atoms with van der Waals surface area (Å²) in [5.41, 5.74) is 1.07. The molecule has 0 fully saturated rings. The normalized spacial score (nSPS) is 11.3. The molecule has 0 saturated carbocycles. The van der Waals surface area contributed by atoms with Crippen LogP contribution in [-0.2, 0) is 20.9 Å². The van der Waals surface area contributed by atoms with Crippen molar-refractivity contribution in [1.82, 2.24) is 5.32 Å². The van der Waals surface area contributed by atoms with E-state index in [-0.39, 0.29) is 19.1 Å². The lowest BCUT2D eigenvalue weighted by molar-refractivity contribution is -0.150. The van der Waals surface area contributed by atoms with Gasteiger partial charge in [0.05, 0.1) is 11.6 Å². The van der Waals surface area contributed by atoms with Crippen molar-refractivity contribution in [3.63, 3.8) is 0 Å². The molecule has 0 saturated heterocycles. The number of carbonyl (C=O) groups is 2. The fraction of sp³-hybridized carbons (Fsp3) is 0.286. The maximum absolute atomic E-state index is 12.4. The van der Waals surface area contributed by atoms with Crippen molar-refractivity contribution in [3.8, 4) is 11.8 Å². The second-order valence-electron chi connectivity index (χ2n) is 6.27. The predicted octanol–water partition coefficient (Wildman–Crippen LogP) is 2.82. The van der Waals surface area contributed by atoms with Crippen LogP contribution in [0.4, 0.5) is 0 Å². The van der Waals surface area contributed by atoms with Gasteiger partial charge in [-0.05, 0) is 24.1 Å². The molecule has 0 heterocycles. The van der Waals surface area contributed by atoms with Crippen LogP contribution in [0.3, 0.4) is 0 Å². The second kappa shape index (κ2) is 9.97. The number of esters is 1. The first-order chi connectivity index (χ1) is 13.0. The van der Waals surface area contributed by atoms with Gasteiger partial charge in [0, 0.05) is 5.56 Å². The first-order valence-electron chi connectivity index (χ1n) is 8.63. The van der Waals surface area contributed by atoms with E-state index in [0.29, 0.717) is 16.9 Å². The molecular weight excluding hydrogens is 344 g/mol. The van der Waals surface area contributed by atoms with Crippen LogP contribution in [0.15, 0.2) is 54.6 Å². The van der Waals surface area contributed by atoms with Crippen molar-refractivity contribution >= 4 is 11.9 Å². The molecule has 140 valence electrons. The van der Waals surface area contributed by atoms with E-state index in [0.717, 1.165) is 0 Å². The van der Waals surface area contributed by atoms with Crippen molar-refractivity contribution in [2.24, 2.45) is 5.92 Å². The number of para-hydroxylation sites is 1. The lowest BCUT2D eigenvalue weighted by atomic mass is 10.0. The summed E-state index contributed by atoms with van der Waals surface area (Å²) in [6.07, 6.45) is 0. The second-order valence-corrected chi connectivity index (χ2v) is 6.27. The molecule has 0 bridgehead atoms. The van der Waals surface area contributed by atoms with Gasteiger partial charge in [-0.1, -0.05) is 50.2 Å². The molecule has 1 atom stereocenters. The minimum Gasteiger partial charge on any atom is -0.484 e. The Morgan fingerprint density at radius 2 is 1.74 bits per heavy atom. The van der Waals surface area contributed by atoms with Gasteiger partial charge >= 0.3 is 5.97 Å². The minimum atomic E-state index is -0.800. The van der Waals surface area contributed by atoms with Crippen molar-refractivity contribution in [2.75, 3.05) is 6.61 Å². The highest BCUT2D eigenvalue weighted by atomic mass is 16.5. The van der Waals surface area contributed by atoms with Crippen molar-refractivity contribution < 1.29 is 19.1 Å². The topological polar surface area (TPSA) is 88.4 Å². The molecule has 1 amide bonds. The lowest BCUT2D eigenvalue weighted by Gasteiger charge is -2.21. The highest BCUT2D eigenvalue weighted by Crippen LogP contribution is 2.12. The number of nitrogens with zero attached hydrogens (tertiary/aromatic N) is 1. The van der Waals surface area contributed by atoms with Crippen LogP contribution < -0.4 is 10.1 Å². The summed E-state index contributed by atoms with van der Waals surface area (Å²) in [6.45, 7) is 3.40. The zero-order valence-corrected chi connectivity index (χ0v) is 15.3. The molecular formula is C21H22N2O4. The number of carbonyl (C=O) groups excluding carboxylic acids is 2. The third kappa shape index (κ3) is 6.15. The average molecular weight is 366 g/mol. The van der Waals surface area contributed by atoms with Gasteiger partial charge in [0.1, 0.15) is 18.4 Å². The lowest BCUT2D eigenvalue weighted by Crippen LogP contribution is -2.46. The SMILES string of the molecule is CC(C)[C@H](NC(=O)COc1ccccc1)C(=O)OCc1ccccc1C#N. The van der Waals surface area contributed by atoms with Crippen molar-refractivity contribution in [2.45, 2.75) is 26.5 Å². The molecule has 0 spiro atoms. The zero-order valence-electron chi connectivity index (χ0n) is 15.3. The number of nitrogens with one attached hydrogen (secondary N) is 1. The molecule has 0 aliphatic heterocycles. The Morgan fingerprint density at radius 3 is 2.41 bits per heavy atom. The molecule has 2 aromatic carbocycles. The molecule has 0 aliphatic carbocycles. The van der Waals surface area contributed by atoms with E-state index < -0.39 is 17.9 Å². The number of benzene rings is 2. The summed E-state index contributed by atoms with van der Waals surface area (Å²) >= 11 is 0. The Bertz CT molecular complexity index is 812. The molecule has 27 heavy (non-hydrogen) atoms. The summed E-state index contributed by atoms with van der Waals surface area (Å²) in [7, 11) is 0. The average Bonchev–Trinajstić information content (AvgIpc) is 2.69. The van der Waals surface area contributed by atoms with Gasteiger partial charge in [0.2, 0.25) is 0 Å². The molecule has 2 rings (SSSR count). The fourth-order valence-electron chi connectivity index (χ4n) is 2.37. The largest absolute Gasteiger partial charge is 0.484 e. The van der Waals surface area contributed by atoms with Gasteiger partial charge in [-0.25, -0.2) is 4.79 Å². The number of amides is 1. The Morgan fingerprint density at radius 1 is 1.07 bits per heavy atom. The summed E-state index contributed by atoms with van der Waals surface area (Å²) in [4.78, 5) is 24.5. The van der Waals surface area contributed by atoms with E-state index in [1.165, 1.54) is 0 Å². The Hall–Kier alpha value is -3.33. The Balaban J connectivity index is 1.90. The van der Waals surface area contributed by atoms with Gasteiger partial charge in [0.25, 0.3) is 5.91 Å². The summed E-state index contributed by atoms with van der Waals surface area (Å²) in [5, 5.41) is 11.7. The molecule has 6 nitrogen and oxygen atoms in total. The summed E-state index contributed by atoms with van der Waals surface area (Å²) in [6, 6.07) is 17.1. The molecule has 2 aromatic rings. The van der Waals surface area contributed by atoms with Crippen LogP contribution in [0.2, 0.25) is 0 Å². The predicted molar refractivity (Wildman–Crippen MR) is 99.7 cm³/mol. The van der Waals surface area contributed by atoms with Crippen LogP contribution in [0, 0.1) is 17.2 Å². The Labute approximate surface area is 158 Å². The van der Waals surface area contributed by atoms with E-state index >= 15 is 0 Å². The number of hydrogen-bond donors (Lipinski definition) is 1. The quantitative estimate of drug-likeness (QED) is 0.726. The first-order valence-corrected chi connectivity index (χ1v) is 8.63. The highest BCUT2D eigenvalue weighted by molar-refractivity contribution is 5.85. The van der Waals surface area contributed by atoms with Crippen LogP contribution in [0.25, 0.3) is 0 Å². The third-order valence-corrected chi connectivity index (χ3v) is 3.86. The standard InChI is InChI=1S/C21H22N2O4/c1-15(2)20(23-19(24)14-26-18-10-4-3-5-11-18)21(25)27-13-17-9-7-6-8-16(17)12-22/h3-11,15,20H,13-14H2,1-2H3,(H,23,24)/t20-/m0/s1.